The molecule has 0 bridgehead atoms. The van der Waals surface area contributed by atoms with Crippen molar-refractivity contribution in [1.29, 1.82) is 5.26 Å². The minimum atomic E-state index is -0.381. The number of nitrogens with zero attached hydrogens (tertiary/aromatic N) is 2. The number of carbonyl (C=O) groups excluding carboxylic acids is 2. The molecule has 0 saturated heterocycles. The number of ether oxygens (including phenoxy) is 1. The molecule has 1 amide bonds. The number of rotatable bonds is 8. The minimum Gasteiger partial charge on any atom is -0.462 e. The van der Waals surface area contributed by atoms with Crippen LogP contribution in [-0.2, 0) is 4.74 Å². The fourth-order valence-electron chi connectivity index (χ4n) is 4.05. The Morgan fingerprint density at radius 2 is 1.66 bits per heavy atom. The predicted molar refractivity (Wildman–Crippen MR) is 160 cm³/mol. The van der Waals surface area contributed by atoms with Crippen molar-refractivity contribution < 1.29 is 18.7 Å². The van der Waals surface area contributed by atoms with Crippen LogP contribution in [0.1, 0.15) is 44.0 Å². The minimum absolute atomic E-state index is 0.263. The van der Waals surface area contributed by atoms with Gasteiger partial charge < -0.3 is 14.5 Å². The summed E-state index contributed by atoms with van der Waals surface area (Å²) in [6.07, 6.45) is 1.62. The van der Waals surface area contributed by atoms with E-state index in [0.29, 0.717) is 50.5 Å². The Kier molecular flexibility index (Phi) is 8.18. The van der Waals surface area contributed by atoms with Crippen LogP contribution in [0, 0.1) is 18.3 Å². The Morgan fingerprint density at radius 3 is 2.34 bits per heavy atom. The molecule has 41 heavy (non-hydrogen) atoms. The highest BCUT2D eigenvalue weighted by molar-refractivity contribution is 7.17. The van der Waals surface area contributed by atoms with Crippen molar-refractivity contribution in [2.24, 2.45) is 0 Å². The van der Waals surface area contributed by atoms with Gasteiger partial charge in [-0.2, -0.15) is 5.26 Å². The number of hydrogen-bond acceptors (Lipinski definition) is 7. The third-order valence-corrected chi connectivity index (χ3v) is 7.16. The number of allylic oxidation sites excluding steroid dienone is 1. The average Bonchev–Trinajstić information content (AvgIpc) is 3.64. The summed E-state index contributed by atoms with van der Waals surface area (Å²) in [5.41, 5.74) is 4.55. The molecule has 8 heteroatoms. The summed E-state index contributed by atoms with van der Waals surface area (Å²) in [4.78, 5) is 29.7. The molecule has 5 rings (SSSR count). The Hall–Kier alpha value is -5.26. The van der Waals surface area contributed by atoms with E-state index in [9.17, 15) is 14.9 Å². The number of amides is 1. The van der Waals surface area contributed by atoms with E-state index in [1.807, 2.05) is 37.3 Å². The molecular formula is C33H25N3O4S. The molecular weight excluding hydrogens is 534 g/mol. The molecule has 2 heterocycles. The van der Waals surface area contributed by atoms with Gasteiger partial charge in [-0.1, -0.05) is 71.5 Å². The number of anilines is 1. The van der Waals surface area contributed by atoms with Crippen molar-refractivity contribution in [3.63, 3.8) is 0 Å². The molecule has 0 radical (unpaired) electrons. The zero-order chi connectivity index (χ0) is 28.8. The van der Waals surface area contributed by atoms with E-state index in [-0.39, 0.29) is 11.9 Å². The smallest absolute Gasteiger partial charge is 0.338 e. The van der Waals surface area contributed by atoms with Gasteiger partial charge >= 0.3 is 5.97 Å². The van der Waals surface area contributed by atoms with Gasteiger partial charge in [0.25, 0.3) is 5.91 Å². The van der Waals surface area contributed by atoms with Crippen LogP contribution < -0.4 is 5.32 Å². The number of nitriles is 1. The molecule has 0 aliphatic carbocycles. The summed E-state index contributed by atoms with van der Waals surface area (Å²) in [5, 5.41) is 14.0. The molecule has 0 saturated carbocycles. The summed E-state index contributed by atoms with van der Waals surface area (Å²) in [5.74, 6) is 0.405. The number of benzene rings is 3. The second kappa shape index (κ2) is 12.3. The SMILES string of the molecule is CCOC(=O)c1ccc(-c2ccc(/C=C(\C#N)c3nc(-c4ccc(C)cc4)c(NC(=O)c4ccccc4)s3)o2)cc1. The van der Waals surface area contributed by atoms with Gasteiger partial charge in [0.1, 0.15) is 33.3 Å². The van der Waals surface area contributed by atoms with E-state index >= 15 is 0 Å². The maximum Gasteiger partial charge on any atom is 0.338 e. The Balaban J connectivity index is 1.45. The van der Waals surface area contributed by atoms with Gasteiger partial charge in [-0.25, -0.2) is 9.78 Å². The second-order valence-electron chi connectivity index (χ2n) is 9.05. The van der Waals surface area contributed by atoms with Crippen molar-refractivity contribution >= 4 is 39.9 Å². The third kappa shape index (κ3) is 6.32. The summed E-state index contributed by atoms with van der Waals surface area (Å²) in [7, 11) is 0. The van der Waals surface area contributed by atoms with Crippen LogP contribution in [0.15, 0.2) is 95.4 Å². The fraction of sp³-hybridized carbons (Fsp3) is 0.0909. The Morgan fingerprint density at radius 1 is 0.951 bits per heavy atom. The summed E-state index contributed by atoms with van der Waals surface area (Å²) in [6.45, 7) is 4.07. The van der Waals surface area contributed by atoms with Crippen LogP contribution in [-0.4, -0.2) is 23.5 Å². The number of aryl methyl sites for hydroxylation is 1. The molecule has 3 aromatic carbocycles. The topological polar surface area (TPSA) is 105 Å². The van der Waals surface area contributed by atoms with Crippen molar-refractivity contribution in [3.05, 3.63) is 118 Å². The van der Waals surface area contributed by atoms with Gasteiger partial charge in [-0.05, 0) is 50.2 Å². The van der Waals surface area contributed by atoms with Crippen molar-refractivity contribution in [2.75, 3.05) is 11.9 Å². The van der Waals surface area contributed by atoms with Crippen LogP contribution in [0.25, 0.3) is 34.2 Å². The maximum absolute atomic E-state index is 13.0. The number of hydrogen-bond donors (Lipinski definition) is 1. The van der Waals surface area contributed by atoms with E-state index < -0.39 is 0 Å². The summed E-state index contributed by atoms with van der Waals surface area (Å²) in [6, 6.07) is 29.5. The van der Waals surface area contributed by atoms with Crippen LogP contribution in [0.2, 0.25) is 0 Å². The second-order valence-corrected chi connectivity index (χ2v) is 10.1. The molecule has 5 aromatic rings. The van der Waals surface area contributed by atoms with Crippen LogP contribution in [0.4, 0.5) is 5.00 Å². The molecule has 0 atom stereocenters. The molecule has 2 aromatic heterocycles. The largest absolute Gasteiger partial charge is 0.462 e. The van der Waals surface area contributed by atoms with Crippen molar-refractivity contribution in [2.45, 2.75) is 13.8 Å². The zero-order valence-electron chi connectivity index (χ0n) is 22.4. The first-order chi connectivity index (χ1) is 19.9. The number of carbonyl (C=O) groups is 2. The average molecular weight is 560 g/mol. The molecule has 1 N–H and O–H groups in total. The molecule has 0 fully saturated rings. The highest BCUT2D eigenvalue weighted by Gasteiger charge is 2.19. The first-order valence-electron chi connectivity index (χ1n) is 12.9. The Bertz CT molecular complexity index is 1760. The van der Waals surface area contributed by atoms with E-state index in [4.69, 9.17) is 14.1 Å². The number of nitrogens with one attached hydrogen (secondary N) is 1. The number of aromatic nitrogens is 1. The van der Waals surface area contributed by atoms with E-state index in [1.54, 1.807) is 73.7 Å². The van der Waals surface area contributed by atoms with Crippen LogP contribution >= 0.6 is 11.3 Å². The number of furan rings is 1. The lowest BCUT2D eigenvalue weighted by atomic mass is 10.1. The molecule has 0 unspecified atom stereocenters. The van der Waals surface area contributed by atoms with Gasteiger partial charge in [0.05, 0.1) is 17.7 Å². The lowest BCUT2D eigenvalue weighted by molar-refractivity contribution is 0.0526. The molecule has 202 valence electrons. The lowest BCUT2D eigenvalue weighted by Crippen LogP contribution is -2.11. The molecule has 7 nitrogen and oxygen atoms in total. The molecule has 0 spiro atoms. The Labute approximate surface area is 241 Å². The van der Waals surface area contributed by atoms with Crippen LogP contribution in [0.5, 0.6) is 0 Å². The molecule has 0 aliphatic rings. The van der Waals surface area contributed by atoms with Crippen molar-refractivity contribution in [1.82, 2.24) is 4.98 Å². The van der Waals surface area contributed by atoms with Gasteiger partial charge in [0, 0.05) is 22.8 Å². The van der Waals surface area contributed by atoms with Gasteiger partial charge in [0.15, 0.2) is 0 Å². The standard InChI is InChI=1S/C33H25N3O4S/c1-3-39-33(38)25-15-13-22(14-16-25)28-18-17-27(40-28)19-26(20-34)31-35-29(23-11-9-21(2)10-12-23)32(41-31)36-30(37)24-7-5-4-6-8-24/h4-19H,3H2,1-2H3,(H,36,37)/b26-19+. The summed E-state index contributed by atoms with van der Waals surface area (Å²) < 4.78 is 11.0. The first-order valence-corrected chi connectivity index (χ1v) is 13.7. The summed E-state index contributed by atoms with van der Waals surface area (Å²) >= 11 is 1.23. The lowest BCUT2D eigenvalue weighted by Gasteiger charge is -2.05. The van der Waals surface area contributed by atoms with Gasteiger partial charge in [-0.3, -0.25) is 4.79 Å². The van der Waals surface area contributed by atoms with E-state index in [1.165, 1.54) is 11.3 Å². The zero-order valence-corrected chi connectivity index (χ0v) is 23.2. The highest BCUT2D eigenvalue weighted by atomic mass is 32.1. The van der Waals surface area contributed by atoms with E-state index in [2.05, 4.69) is 11.4 Å². The third-order valence-electron chi connectivity index (χ3n) is 6.16. The maximum atomic E-state index is 13.0. The van der Waals surface area contributed by atoms with Crippen LogP contribution in [0.3, 0.4) is 0 Å². The van der Waals surface area contributed by atoms with E-state index in [0.717, 1.165) is 16.7 Å². The number of esters is 1. The molecule has 0 aliphatic heterocycles. The highest BCUT2D eigenvalue weighted by Crippen LogP contribution is 2.37. The van der Waals surface area contributed by atoms with Gasteiger partial charge in [-0.15, -0.1) is 0 Å². The van der Waals surface area contributed by atoms with Crippen molar-refractivity contribution in [3.8, 4) is 28.7 Å². The normalized spacial score (nSPS) is 11.1. The first kappa shape index (κ1) is 27.3. The monoisotopic (exact) mass is 559 g/mol. The quantitative estimate of drug-likeness (QED) is 0.153. The van der Waals surface area contributed by atoms with Gasteiger partial charge in [0.2, 0.25) is 0 Å². The fourth-order valence-corrected chi connectivity index (χ4v) is 5.00. The predicted octanol–water partition coefficient (Wildman–Crippen LogP) is 7.87. The number of thiazole rings is 1.